The molecule has 0 fully saturated rings. The average molecular weight is 242 g/mol. The zero-order chi connectivity index (χ0) is 13.0. The Labute approximate surface area is 99.2 Å². The number of nitrogens with zero attached hydrogens (tertiary/aromatic N) is 2. The molecule has 1 amide bonds. The van der Waals surface area contributed by atoms with Crippen molar-refractivity contribution in [3.05, 3.63) is 11.4 Å². The third kappa shape index (κ3) is 3.18. The molecule has 0 atom stereocenters. The number of aromatic nitrogens is 2. The molecule has 1 aromatic rings. The fourth-order valence-corrected chi connectivity index (χ4v) is 1.42. The predicted octanol–water partition coefficient (Wildman–Crippen LogP) is -1.45. The summed E-state index contributed by atoms with van der Waals surface area (Å²) < 4.78 is 1.49. The summed E-state index contributed by atoms with van der Waals surface area (Å²) in [6.45, 7) is 2.95. The van der Waals surface area contributed by atoms with E-state index in [4.69, 9.17) is 15.9 Å². The van der Waals surface area contributed by atoms with Crippen LogP contribution in [0, 0.1) is 13.8 Å². The van der Waals surface area contributed by atoms with E-state index in [-0.39, 0.29) is 25.7 Å². The van der Waals surface area contributed by atoms with Crippen LogP contribution >= 0.6 is 0 Å². The van der Waals surface area contributed by atoms with Crippen molar-refractivity contribution in [2.45, 2.75) is 26.4 Å². The number of hydrogen-bond acceptors (Lipinski definition) is 5. The number of nitrogen functional groups attached to an aromatic ring is 1. The minimum absolute atomic E-state index is 0.0143. The van der Waals surface area contributed by atoms with Crippen LogP contribution in [0.4, 0.5) is 5.69 Å². The summed E-state index contributed by atoms with van der Waals surface area (Å²) in [5.41, 5.74) is 7.71. The van der Waals surface area contributed by atoms with Crippen molar-refractivity contribution in [3.8, 4) is 0 Å². The quantitative estimate of drug-likeness (QED) is 0.504. The van der Waals surface area contributed by atoms with Gasteiger partial charge in [0.15, 0.2) is 0 Å². The summed E-state index contributed by atoms with van der Waals surface area (Å²) in [7, 11) is 0. The molecule has 1 heterocycles. The van der Waals surface area contributed by atoms with Crippen molar-refractivity contribution in [1.82, 2.24) is 15.1 Å². The summed E-state index contributed by atoms with van der Waals surface area (Å²) in [6.07, 6.45) is 0. The Morgan fingerprint density at radius 1 is 1.47 bits per heavy atom. The maximum Gasteiger partial charge on any atom is 0.242 e. The first-order valence-electron chi connectivity index (χ1n) is 5.30. The molecule has 7 heteroatoms. The first kappa shape index (κ1) is 13.5. The largest absolute Gasteiger partial charge is 0.396 e. The average Bonchev–Trinajstić information content (AvgIpc) is 2.54. The monoisotopic (exact) mass is 242 g/mol. The Kier molecular flexibility index (Phi) is 4.47. The van der Waals surface area contributed by atoms with Gasteiger partial charge in [0, 0.05) is 0 Å². The molecule has 0 unspecified atom stereocenters. The van der Waals surface area contributed by atoms with E-state index in [1.165, 1.54) is 4.68 Å². The summed E-state index contributed by atoms with van der Waals surface area (Å²) >= 11 is 0. The molecular weight excluding hydrogens is 224 g/mol. The standard InChI is InChI=1S/C10H18N4O3/c1-6-10(11)7(2)14(13-6)3-9(17)12-8(4-15)5-16/h8,15-16H,3-5,11H2,1-2H3,(H,12,17). The third-order valence-corrected chi connectivity index (χ3v) is 2.54. The molecule has 0 saturated heterocycles. The molecule has 0 aliphatic carbocycles. The van der Waals surface area contributed by atoms with Crippen LogP contribution < -0.4 is 11.1 Å². The number of amides is 1. The smallest absolute Gasteiger partial charge is 0.242 e. The van der Waals surface area contributed by atoms with Gasteiger partial charge >= 0.3 is 0 Å². The van der Waals surface area contributed by atoms with Crippen LogP contribution in [-0.2, 0) is 11.3 Å². The molecule has 0 aromatic carbocycles. The summed E-state index contributed by atoms with van der Waals surface area (Å²) in [6, 6.07) is -0.642. The van der Waals surface area contributed by atoms with E-state index in [9.17, 15) is 4.79 Å². The molecule has 1 aromatic heterocycles. The van der Waals surface area contributed by atoms with Gasteiger partial charge in [-0.15, -0.1) is 0 Å². The van der Waals surface area contributed by atoms with Crippen LogP contribution in [0.3, 0.4) is 0 Å². The van der Waals surface area contributed by atoms with Crippen LogP contribution in [0.1, 0.15) is 11.4 Å². The molecule has 0 radical (unpaired) electrons. The van der Waals surface area contributed by atoms with E-state index in [0.717, 1.165) is 5.69 Å². The normalized spacial score (nSPS) is 10.9. The van der Waals surface area contributed by atoms with Crippen LogP contribution in [0.25, 0.3) is 0 Å². The van der Waals surface area contributed by atoms with Gasteiger partial charge in [-0.1, -0.05) is 0 Å². The van der Waals surface area contributed by atoms with Gasteiger partial charge in [0.2, 0.25) is 5.91 Å². The number of anilines is 1. The zero-order valence-corrected chi connectivity index (χ0v) is 9.97. The fraction of sp³-hybridized carbons (Fsp3) is 0.600. The van der Waals surface area contributed by atoms with Gasteiger partial charge in [0.05, 0.1) is 36.3 Å². The molecule has 0 saturated carbocycles. The van der Waals surface area contributed by atoms with E-state index in [1.807, 2.05) is 0 Å². The lowest BCUT2D eigenvalue weighted by Crippen LogP contribution is -2.41. The predicted molar refractivity (Wildman–Crippen MR) is 62.2 cm³/mol. The van der Waals surface area contributed by atoms with Crippen molar-refractivity contribution < 1.29 is 15.0 Å². The second-order valence-corrected chi connectivity index (χ2v) is 3.87. The first-order chi connectivity index (χ1) is 7.99. The Balaban J connectivity index is 2.65. The second kappa shape index (κ2) is 5.65. The molecule has 5 N–H and O–H groups in total. The highest BCUT2D eigenvalue weighted by Crippen LogP contribution is 2.14. The maximum absolute atomic E-state index is 11.6. The Morgan fingerprint density at radius 3 is 2.47 bits per heavy atom. The number of carbonyl (C=O) groups is 1. The minimum Gasteiger partial charge on any atom is -0.396 e. The SMILES string of the molecule is Cc1nn(CC(=O)NC(CO)CO)c(C)c1N. The molecule has 1 rings (SSSR count). The van der Waals surface area contributed by atoms with Gasteiger partial charge in [-0.3, -0.25) is 9.48 Å². The maximum atomic E-state index is 11.6. The van der Waals surface area contributed by atoms with Crippen LogP contribution in [-0.4, -0.2) is 45.2 Å². The van der Waals surface area contributed by atoms with E-state index in [0.29, 0.717) is 11.4 Å². The Bertz CT molecular complexity index is 399. The van der Waals surface area contributed by atoms with Gasteiger partial charge in [-0.2, -0.15) is 5.10 Å². The third-order valence-electron chi connectivity index (χ3n) is 2.54. The number of hydrogen-bond donors (Lipinski definition) is 4. The summed E-state index contributed by atoms with van der Waals surface area (Å²) in [5.74, 6) is -0.330. The molecular formula is C10H18N4O3. The molecule has 7 nitrogen and oxygen atoms in total. The lowest BCUT2D eigenvalue weighted by molar-refractivity contribution is -0.123. The molecule has 0 aliphatic heterocycles. The first-order valence-corrected chi connectivity index (χ1v) is 5.30. The number of carbonyl (C=O) groups excluding carboxylic acids is 1. The number of aliphatic hydroxyl groups is 2. The van der Waals surface area contributed by atoms with Gasteiger partial charge < -0.3 is 21.3 Å². The van der Waals surface area contributed by atoms with Crippen molar-refractivity contribution in [1.29, 1.82) is 0 Å². The van der Waals surface area contributed by atoms with E-state index in [1.54, 1.807) is 13.8 Å². The minimum atomic E-state index is -0.642. The number of nitrogens with two attached hydrogens (primary N) is 1. The molecule has 0 spiro atoms. The number of nitrogens with one attached hydrogen (secondary N) is 1. The van der Waals surface area contributed by atoms with Crippen LogP contribution in [0.5, 0.6) is 0 Å². The summed E-state index contributed by atoms with van der Waals surface area (Å²) in [5, 5.41) is 24.2. The fourth-order valence-electron chi connectivity index (χ4n) is 1.42. The van der Waals surface area contributed by atoms with Crippen molar-refractivity contribution >= 4 is 11.6 Å². The zero-order valence-electron chi connectivity index (χ0n) is 9.97. The summed E-state index contributed by atoms with van der Waals surface area (Å²) in [4.78, 5) is 11.6. The lowest BCUT2D eigenvalue weighted by Gasteiger charge is -2.13. The number of aliphatic hydroxyl groups excluding tert-OH is 2. The molecule has 0 bridgehead atoms. The Morgan fingerprint density at radius 2 is 2.06 bits per heavy atom. The molecule has 17 heavy (non-hydrogen) atoms. The van der Waals surface area contributed by atoms with Crippen molar-refractivity contribution in [3.63, 3.8) is 0 Å². The van der Waals surface area contributed by atoms with Crippen LogP contribution in [0.2, 0.25) is 0 Å². The van der Waals surface area contributed by atoms with Gasteiger partial charge in [0.25, 0.3) is 0 Å². The molecule has 0 aliphatic rings. The van der Waals surface area contributed by atoms with Gasteiger partial charge in [0.1, 0.15) is 6.54 Å². The topological polar surface area (TPSA) is 113 Å². The van der Waals surface area contributed by atoms with Crippen LogP contribution in [0.15, 0.2) is 0 Å². The van der Waals surface area contributed by atoms with Crippen molar-refractivity contribution in [2.75, 3.05) is 18.9 Å². The van der Waals surface area contributed by atoms with E-state index >= 15 is 0 Å². The van der Waals surface area contributed by atoms with E-state index in [2.05, 4.69) is 10.4 Å². The Hall–Kier alpha value is -1.60. The number of aryl methyl sites for hydroxylation is 1. The highest BCUT2D eigenvalue weighted by molar-refractivity contribution is 5.76. The van der Waals surface area contributed by atoms with Gasteiger partial charge in [-0.25, -0.2) is 0 Å². The lowest BCUT2D eigenvalue weighted by atomic mass is 10.3. The van der Waals surface area contributed by atoms with E-state index < -0.39 is 6.04 Å². The highest BCUT2D eigenvalue weighted by atomic mass is 16.3. The second-order valence-electron chi connectivity index (χ2n) is 3.87. The number of rotatable bonds is 5. The van der Waals surface area contributed by atoms with Gasteiger partial charge in [-0.05, 0) is 13.8 Å². The highest BCUT2D eigenvalue weighted by Gasteiger charge is 2.14. The van der Waals surface area contributed by atoms with Crippen molar-refractivity contribution in [2.24, 2.45) is 0 Å². The molecule has 96 valence electrons.